The SMILES string of the molecule is [2H]c1c([2H])c(N(c2ccccc2)c2ccccc2)c([2H])c([2H])c1-c1ccc(-c2ccc(N(c3ccccc3)c3c4ccccc4cc4ccccc34)cc2)cc1. The molecule has 0 N–H and O–H groups in total. The Labute approximate surface area is 310 Å². The van der Waals surface area contributed by atoms with Gasteiger partial charge < -0.3 is 9.80 Å². The molecule has 0 radical (unpaired) electrons. The molecule has 2 heteroatoms. The Kier molecular flexibility index (Phi) is 7.13. The molecule has 0 amide bonds. The molecule has 9 aromatic carbocycles. The minimum absolute atomic E-state index is 0.0862. The fourth-order valence-corrected chi connectivity index (χ4v) is 6.97. The lowest BCUT2D eigenvalue weighted by Crippen LogP contribution is -2.11. The topological polar surface area (TPSA) is 6.48 Å². The molecule has 0 atom stereocenters. The van der Waals surface area contributed by atoms with Gasteiger partial charge in [0.25, 0.3) is 0 Å². The Morgan fingerprint density at radius 3 is 1.13 bits per heavy atom. The van der Waals surface area contributed by atoms with E-state index in [9.17, 15) is 0 Å². The van der Waals surface area contributed by atoms with Crippen LogP contribution in [-0.4, -0.2) is 0 Å². The molecule has 9 aromatic rings. The maximum atomic E-state index is 9.16. The molecule has 0 heterocycles. The molecule has 0 saturated heterocycles. The standard InChI is InChI=1S/C50H36N2/c1-4-16-43(17-5-1)51(44-18-6-2-7-19-44)46-32-28-39(29-33-46)37-24-26-38(27-25-37)40-30-34-47(35-31-40)52(45-20-8-3-9-21-45)50-48-22-12-10-14-41(48)36-42-15-11-13-23-49(42)50/h1-36H/i28D,29D,32D,33D. The molecular weight excluding hydrogens is 629 g/mol. The van der Waals surface area contributed by atoms with E-state index in [1.54, 1.807) is 4.90 Å². The first-order chi connectivity index (χ1) is 27.5. The normalized spacial score (nSPS) is 12.2. The zero-order valence-corrected chi connectivity index (χ0v) is 28.4. The molecule has 0 unspecified atom stereocenters. The van der Waals surface area contributed by atoms with Crippen molar-refractivity contribution in [1.82, 2.24) is 0 Å². The number of nitrogens with zero attached hydrogens (tertiary/aromatic N) is 2. The third kappa shape index (κ3) is 5.97. The summed E-state index contributed by atoms with van der Waals surface area (Å²) in [6, 6.07) is 64.8. The van der Waals surface area contributed by atoms with Crippen LogP contribution >= 0.6 is 0 Å². The van der Waals surface area contributed by atoms with Crippen LogP contribution < -0.4 is 9.80 Å². The summed E-state index contributed by atoms with van der Waals surface area (Å²) >= 11 is 0. The molecule has 2 nitrogen and oxygen atoms in total. The highest BCUT2D eigenvalue weighted by Gasteiger charge is 2.19. The summed E-state index contributed by atoms with van der Waals surface area (Å²) in [5.41, 5.74) is 7.82. The van der Waals surface area contributed by atoms with Crippen molar-refractivity contribution in [1.29, 1.82) is 0 Å². The lowest BCUT2D eigenvalue weighted by Gasteiger charge is -2.28. The van der Waals surface area contributed by atoms with Gasteiger partial charge in [-0.15, -0.1) is 0 Å². The Morgan fingerprint density at radius 2 is 0.654 bits per heavy atom. The number of fused-ring (bicyclic) bond motifs is 2. The van der Waals surface area contributed by atoms with Crippen molar-refractivity contribution in [2.45, 2.75) is 0 Å². The van der Waals surface area contributed by atoms with Crippen LogP contribution in [-0.2, 0) is 0 Å². The van der Waals surface area contributed by atoms with E-state index in [2.05, 4.69) is 108 Å². The number of anilines is 6. The predicted molar refractivity (Wildman–Crippen MR) is 222 cm³/mol. The summed E-state index contributed by atoms with van der Waals surface area (Å²) in [5, 5.41) is 4.70. The molecule has 0 fully saturated rings. The average molecular weight is 669 g/mol. The van der Waals surface area contributed by atoms with Crippen LogP contribution in [0.25, 0.3) is 43.8 Å². The molecule has 0 aliphatic carbocycles. The van der Waals surface area contributed by atoms with Crippen LogP contribution in [0.5, 0.6) is 0 Å². The van der Waals surface area contributed by atoms with Crippen molar-refractivity contribution in [3.63, 3.8) is 0 Å². The third-order valence-corrected chi connectivity index (χ3v) is 9.48. The largest absolute Gasteiger partial charge is 0.311 e. The lowest BCUT2D eigenvalue weighted by atomic mass is 9.98. The summed E-state index contributed by atoms with van der Waals surface area (Å²) in [6.45, 7) is 0. The first-order valence-corrected chi connectivity index (χ1v) is 17.4. The van der Waals surface area contributed by atoms with Gasteiger partial charge in [0.05, 0.1) is 11.2 Å². The van der Waals surface area contributed by atoms with Gasteiger partial charge >= 0.3 is 0 Å². The summed E-state index contributed by atoms with van der Waals surface area (Å²) < 4.78 is 36.6. The van der Waals surface area contributed by atoms with E-state index in [1.807, 2.05) is 91.0 Å². The Morgan fingerprint density at radius 1 is 0.288 bits per heavy atom. The van der Waals surface area contributed by atoms with Gasteiger partial charge in [-0.3, -0.25) is 0 Å². The van der Waals surface area contributed by atoms with Crippen LogP contribution in [0.1, 0.15) is 5.48 Å². The zero-order valence-electron chi connectivity index (χ0n) is 32.4. The Bertz CT molecular complexity index is 2700. The molecule has 0 aromatic heterocycles. The predicted octanol–water partition coefficient (Wildman–Crippen LogP) is 14.3. The van der Waals surface area contributed by atoms with E-state index in [-0.39, 0.29) is 35.4 Å². The van der Waals surface area contributed by atoms with E-state index in [0.29, 0.717) is 5.56 Å². The zero-order chi connectivity index (χ0) is 38.2. The quantitative estimate of drug-likeness (QED) is 0.149. The van der Waals surface area contributed by atoms with Gasteiger partial charge in [-0.25, -0.2) is 0 Å². The van der Waals surface area contributed by atoms with Gasteiger partial charge in [-0.1, -0.05) is 152 Å². The Hall–Kier alpha value is -6.90. The smallest absolute Gasteiger partial charge is 0.0645 e. The molecule has 0 aliphatic heterocycles. The molecule has 246 valence electrons. The molecule has 52 heavy (non-hydrogen) atoms. The van der Waals surface area contributed by atoms with Gasteiger partial charge in [-0.2, -0.15) is 0 Å². The molecule has 9 rings (SSSR count). The van der Waals surface area contributed by atoms with E-state index in [4.69, 9.17) is 5.48 Å². The molecule has 0 saturated carbocycles. The van der Waals surface area contributed by atoms with Crippen molar-refractivity contribution in [3.05, 3.63) is 218 Å². The Balaban J connectivity index is 1.08. The summed E-state index contributed by atoms with van der Waals surface area (Å²) in [6.07, 6.45) is 0. The first-order valence-electron chi connectivity index (χ1n) is 19.4. The van der Waals surface area contributed by atoms with Crippen molar-refractivity contribution in [3.8, 4) is 22.3 Å². The van der Waals surface area contributed by atoms with Gasteiger partial charge in [0.1, 0.15) is 0 Å². The fraction of sp³-hybridized carbons (Fsp3) is 0. The lowest BCUT2D eigenvalue weighted by molar-refractivity contribution is 1.28. The van der Waals surface area contributed by atoms with Crippen LogP contribution in [0, 0.1) is 0 Å². The van der Waals surface area contributed by atoms with Crippen LogP contribution in [0.3, 0.4) is 0 Å². The second-order valence-electron chi connectivity index (χ2n) is 12.7. The number of rotatable bonds is 8. The van der Waals surface area contributed by atoms with Crippen LogP contribution in [0.4, 0.5) is 34.1 Å². The van der Waals surface area contributed by atoms with Crippen LogP contribution in [0.2, 0.25) is 0 Å². The number of hydrogen-bond acceptors (Lipinski definition) is 2. The van der Waals surface area contributed by atoms with Gasteiger partial charge in [0.2, 0.25) is 0 Å². The monoisotopic (exact) mass is 668 g/mol. The summed E-state index contributed by atoms with van der Waals surface area (Å²) in [7, 11) is 0. The maximum absolute atomic E-state index is 9.16. The van der Waals surface area contributed by atoms with Crippen molar-refractivity contribution < 1.29 is 5.48 Å². The number of hydrogen-bond donors (Lipinski definition) is 0. The minimum Gasteiger partial charge on any atom is -0.311 e. The fourth-order valence-electron chi connectivity index (χ4n) is 6.97. The van der Waals surface area contributed by atoms with Crippen LogP contribution in [0.15, 0.2) is 218 Å². The second kappa shape index (κ2) is 13.8. The highest BCUT2D eigenvalue weighted by atomic mass is 15.1. The maximum Gasteiger partial charge on any atom is 0.0645 e. The number of para-hydroxylation sites is 3. The summed E-state index contributed by atoms with van der Waals surface area (Å²) in [5.74, 6) is 0. The van der Waals surface area contributed by atoms with E-state index < -0.39 is 0 Å². The average Bonchev–Trinajstić information content (AvgIpc) is 3.26. The van der Waals surface area contributed by atoms with E-state index in [1.165, 1.54) is 21.5 Å². The highest BCUT2D eigenvalue weighted by Crippen LogP contribution is 2.44. The molecular formula is C50H36N2. The minimum atomic E-state index is -0.102. The van der Waals surface area contributed by atoms with E-state index >= 15 is 0 Å². The highest BCUT2D eigenvalue weighted by molar-refractivity contribution is 6.14. The van der Waals surface area contributed by atoms with Gasteiger partial charge in [0, 0.05) is 39.2 Å². The van der Waals surface area contributed by atoms with Crippen molar-refractivity contribution in [2.75, 3.05) is 9.80 Å². The second-order valence-corrected chi connectivity index (χ2v) is 12.7. The number of benzene rings is 9. The molecule has 0 aliphatic rings. The van der Waals surface area contributed by atoms with Gasteiger partial charge in [0.15, 0.2) is 0 Å². The van der Waals surface area contributed by atoms with Crippen molar-refractivity contribution in [2.24, 2.45) is 0 Å². The van der Waals surface area contributed by atoms with Gasteiger partial charge in [-0.05, 0) is 99.7 Å². The molecule has 0 bridgehead atoms. The summed E-state index contributed by atoms with van der Waals surface area (Å²) in [4.78, 5) is 4.12. The third-order valence-electron chi connectivity index (χ3n) is 9.48. The first kappa shape index (κ1) is 26.9. The molecule has 0 spiro atoms. The van der Waals surface area contributed by atoms with E-state index in [0.717, 1.165) is 39.6 Å². The van der Waals surface area contributed by atoms with Crippen molar-refractivity contribution >= 4 is 55.7 Å².